The van der Waals surface area contributed by atoms with E-state index in [1.54, 1.807) is 12.1 Å². The van der Waals surface area contributed by atoms with Gasteiger partial charge in [0.2, 0.25) is 5.91 Å². The van der Waals surface area contributed by atoms with E-state index < -0.39 is 5.54 Å². The molecule has 1 aliphatic carbocycles. The fourth-order valence-electron chi connectivity index (χ4n) is 4.74. The van der Waals surface area contributed by atoms with Crippen LogP contribution in [-0.4, -0.2) is 17.7 Å². The van der Waals surface area contributed by atoms with Gasteiger partial charge in [-0.2, -0.15) is 0 Å². The summed E-state index contributed by atoms with van der Waals surface area (Å²) in [6.45, 7) is 0. The van der Waals surface area contributed by atoms with Gasteiger partial charge in [-0.15, -0.1) is 11.3 Å². The third-order valence-corrected chi connectivity index (χ3v) is 7.25. The molecule has 7 heteroatoms. The van der Waals surface area contributed by atoms with Gasteiger partial charge in [-0.1, -0.05) is 29.3 Å². The molecular formula is C18H14Cl2N2O2S. The number of nitrogens with one attached hydrogen (secondary N) is 2. The molecular weight excluding hydrogens is 379 g/mol. The van der Waals surface area contributed by atoms with E-state index in [9.17, 15) is 9.59 Å². The van der Waals surface area contributed by atoms with E-state index in [4.69, 9.17) is 23.2 Å². The normalized spacial score (nSPS) is 33.0. The molecule has 2 fully saturated rings. The van der Waals surface area contributed by atoms with E-state index >= 15 is 0 Å². The largest absolute Gasteiger partial charge is 0.324 e. The van der Waals surface area contributed by atoms with Crippen LogP contribution in [0.2, 0.25) is 10.0 Å². The average Bonchev–Trinajstić information content (AvgIpc) is 3.28. The Morgan fingerprint density at radius 2 is 2.00 bits per heavy atom. The number of hydrogen-bond donors (Lipinski definition) is 2. The summed E-state index contributed by atoms with van der Waals surface area (Å²) < 4.78 is 0. The van der Waals surface area contributed by atoms with Crippen molar-refractivity contribution in [2.45, 2.75) is 30.3 Å². The number of rotatable bonds is 1. The molecule has 2 aliphatic heterocycles. The fourth-order valence-corrected chi connectivity index (χ4v) is 6.21. The smallest absolute Gasteiger partial charge is 0.250 e. The van der Waals surface area contributed by atoms with Crippen LogP contribution in [0.5, 0.6) is 0 Å². The number of fused-ring (bicyclic) bond motifs is 3. The summed E-state index contributed by atoms with van der Waals surface area (Å²) >= 11 is 13.8. The first-order valence-electron chi connectivity index (χ1n) is 8.16. The summed E-state index contributed by atoms with van der Waals surface area (Å²) in [4.78, 5) is 26.7. The minimum Gasteiger partial charge on any atom is -0.324 e. The van der Waals surface area contributed by atoms with Crippen LogP contribution in [0.25, 0.3) is 0 Å². The van der Waals surface area contributed by atoms with Gasteiger partial charge in [-0.25, -0.2) is 0 Å². The molecule has 25 heavy (non-hydrogen) atoms. The Labute approximate surface area is 158 Å². The topological polar surface area (TPSA) is 58.2 Å². The second-order valence-electron chi connectivity index (χ2n) is 6.88. The second-order valence-corrected chi connectivity index (χ2v) is 8.69. The molecule has 2 aromatic rings. The SMILES string of the molecule is O=C1CC[C@H]2N[C@@]3(C(=O)Nc4cc(Cl)ccc43)[C@H](c3cc(Cl)cs3)[C@@H]12. The molecule has 1 spiro atoms. The Hall–Kier alpha value is -1.40. The first-order valence-corrected chi connectivity index (χ1v) is 9.80. The number of hydrogen-bond acceptors (Lipinski definition) is 4. The highest BCUT2D eigenvalue weighted by Gasteiger charge is 2.65. The molecule has 4 atom stereocenters. The van der Waals surface area contributed by atoms with Gasteiger partial charge in [0.15, 0.2) is 0 Å². The Kier molecular flexibility index (Phi) is 3.36. The van der Waals surface area contributed by atoms with Crippen LogP contribution < -0.4 is 10.6 Å². The van der Waals surface area contributed by atoms with Gasteiger partial charge in [-0.05, 0) is 24.6 Å². The van der Waals surface area contributed by atoms with Crippen molar-refractivity contribution < 1.29 is 9.59 Å². The third kappa shape index (κ3) is 2.04. The van der Waals surface area contributed by atoms with E-state index in [0.29, 0.717) is 22.2 Å². The van der Waals surface area contributed by atoms with Gasteiger partial charge in [-0.3, -0.25) is 14.9 Å². The number of ketones is 1. The molecule has 1 saturated heterocycles. The summed E-state index contributed by atoms with van der Waals surface area (Å²) in [6.07, 6.45) is 1.32. The maximum Gasteiger partial charge on any atom is 0.250 e. The highest BCUT2D eigenvalue weighted by atomic mass is 35.5. The summed E-state index contributed by atoms with van der Waals surface area (Å²) in [5.74, 6) is -0.366. The summed E-state index contributed by atoms with van der Waals surface area (Å²) in [5.41, 5.74) is 0.628. The predicted molar refractivity (Wildman–Crippen MR) is 98.5 cm³/mol. The highest BCUT2D eigenvalue weighted by molar-refractivity contribution is 7.10. The van der Waals surface area contributed by atoms with E-state index in [2.05, 4.69) is 10.6 Å². The number of anilines is 1. The Morgan fingerprint density at radius 3 is 2.76 bits per heavy atom. The molecule has 3 aliphatic rings. The first-order chi connectivity index (χ1) is 12.0. The molecule has 5 rings (SSSR count). The minimum absolute atomic E-state index is 0.00533. The zero-order valence-corrected chi connectivity index (χ0v) is 15.3. The van der Waals surface area contributed by atoms with Gasteiger partial charge >= 0.3 is 0 Å². The van der Waals surface area contributed by atoms with Crippen molar-refractivity contribution in [2.75, 3.05) is 5.32 Å². The van der Waals surface area contributed by atoms with Crippen molar-refractivity contribution in [1.82, 2.24) is 5.32 Å². The summed E-state index contributed by atoms with van der Waals surface area (Å²) in [6, 6.07) is 7.33. The predicted octanol–water partition coefficient (Wildman–Crippen LogP) is 3.94. The molecule has 128 valence electrons. The lowest BCUT2D eigenvalue weighted by Crippen LogP contribution is -2.49. The monoisotopic (exact) mass is 392 g/mol. The number of carbonyl (C=O) groups is 2. The van der Waals surface area contributed by atoms with E-state index in [-0.39, 0.29) is 29.6 Å². The van der Waals surface area contributed by atoms with Crippen LogP contribution in [0.4, 0.5) is 5.69 Å². The van der Waals surface area contributed by atoms with Crippen LogP contribution >= 0.6 is 34.5 Å². The highest BCUT2D eigenvalue weighted by Crippen LogP contribution is 2.57. The van der Waals surface area contributed by atoms with Crippen LogP contribution in [0.3, 0.4) is 0 Å². The Balaban J connectivity index is 1.75. The van der Waals surface area contributed by atoms with E-state index in [1.165, 1.54) is 11.3 Å². The first kappa shape index (κ1) is 15.8. The number of amides is 1. The number of thiophene rings is 1. The summed E-state index contributed by atoms with van der Waals surface area (Å²) in [5, 5.41) is 9.55. The lowest BCUT2D eigenvalue weighted by molar-refractivity contribution is -0.123. The molecule has 1 aromatic carbocycles. The molecule has 1 aromatic heterocycles. The van der Waals surface area contributed by atoms with Gasteiger partial charge in [0.25, 0.3) is 0 Å². The molecule has 3 heterocycles. The average molecular weight is 393 g/mol. The maximum atomic E-state index is 13.1. The fraction of sp³-hybridized carbons (Fsp3) is 0.333. The lowest BCUT2D eigenvalue weighted by Gasteiger charge is -2.31. The second kappa shape index (κ2) is 5.30. The van der Waals surface area contributed by atoms with Crippen molar-refractivity contribution in [2.24, 2.45) is 5.92 Å². The van der Waals surface area contributed by atoms with Crippen LogP contribution in [0, 0.1) is 5.92 Å². The molecule has 0 unspecified atom stereocenters. The molecule has 0 radical (unpaired) electrons. The Morgan fingerprint density at radius 1 is 1.16 bits per heavy atom. The molecule has 2 N–H and O–H groups in total. The van der Waals surface area contributed by atoms with Crippen molar-refractivity contribution in [3.8, 4) is 0 Å². The van der Waals surface area contributed by atoms with Crippen LogP contribution in [-0.2, 0) is 15.1 Å². The zero-order valence-electron chi connectivity index (χ0n) is 13.0. The molecule has 1 amide bonds. The number of Topliss-reactive ketones (excluding diaryl/α,β-unsaturated/α-hetero) is 1. The van der Waals surface area contributed by atoms with E-state index in [1.807, 2.05) is 17.5 Å². The molecule has 0 bridgehead atoms. The molecule has 4 nitrogen and oxygen atoms in total. The molecule has 1 saturated carbocycles. The lowest BCUT2D eigenvalue weighted by atomic mass is 9.74. The van der Waals surface area contributed by atoms with Crippen molar-refractivity contribution in [1.29, 1.82) is 0 Å². The van der Waals surface area contributed by atoms with Crippen molar-refractivity contribution in [3.63, 3.8) is 0 Å². The van der Waals surface area contributed by atoms with E-state index in [0.717, 1.165) is 16.9 Å². The van der Waals surface area contributed by atoms with Crippen LogP contribution in [0.15, 0.2) is 29.6 Å². The van der Waals surface area contributed by atoms with Gasteiger partial charge < -0.3 is 5.32 Å². The maximum absolute atomic E-state index is 13.1. The number of benzene rings is 1. The number of halogens is 2. The van der Waals surface area contributed by atoms with Gasteiger partial charge in [0, 0.05) is 50.8 Å². The Bertz CT molecular complexity index is 928. The third-order valence-electron chi connectivity index (χ3n) is 5.65. The van der Waals surface area contributed by atoms with Crippen molar-refractivity contribution in [3.05, 3.63) is 50.1 Å². The summed E-state index contributed by atoms with van der Waals surface area (Å²) in [7, 11) is 0. The minimum atomic E-state index is -0.945. The number of carbonyl (C=O) groups excluding carboxylic acids is 2. The van der Waals surface area contributed by atoms with Gasteiger partial charge in [0.1, 0.15) is 11.3 Å². The van der Waals surface area contributed by atoms with Gasteiger partial charge in [0.05, 0.1) is 5.02 Å². The van der Waals surface area contributed by atoms with Crippen LogP contribution in [0.1, 0.15) is 29.2 Å². The zero-order chi connectivity index (χ0) is 17.3. The quantitative estimate of drug-likeness (QED) is 0.772. The van der Waals surface area contributed by atoms with Crippen molar-refractivity contribution >= 4 is 51.9 Å². The standard InChI is InChI=1S/C18H14Cl2N2O2S/c19-8-1-2-10-12(5-8)21-17(24)18(10)16(14-6-9(20)7-25-14)15-11(22-18)3-4-13(15)23/h1-2,5-7,11,15-16,22H,3-4H2,(H,21,24)/t11-,15-,16-,18-/m1/s1.